The summed E-state index contributed by atoms with van der Waals surface area (Å²) in [4.78, 5) is 17.3. The van der Waals surface area contributed by atoms with Gasteiger partial charge >= 0.3 is 0 Å². The lowest BCUT2D eigenvalue weighted by Crippen LogP contribution is -2.31. The number of carbonyl (C=O) groups is 1. The van der Waals surface area contributed by atoms with E-state index in [2.05, 4.69) is 9.71 Å². The SMILES string of the molecule is O=C(NS(=O)(=O)c1cnccc1Sc1ccc(Cl)cc1)c1ccc(Cl)cc1. The number of benzene rings is 2. The van der Waals surface area contributed by atoms with Gasteiger partial charge in [-0.2, -0.15) is 0 Å². The highest BCUT2D eigenvalue weighted by Gasteiger charge is 2.23. The van der Waals surface area contributed by atoms with E-state index >= 15 is 0 Å². The number of pyridine rings is 1. The lowest BCUT2D eigenvalue weighted by atomic mass is 10.2. The first kappa shape index (κ1) is 19.7. The van der Waals surface area contributed by atoms with Crippen LogP contribution in [0.25, 0.3) is 0 Å². The number of carbonyl (C=O) groups excluding carboxylic acids is 1. The van der Waals surface area contributed by atoms with Crippen LogP contribution in [-0.2, 0) is 10.0 Å². The Hall–Kier alpha value is -2.06. The van der Waals surface area contributed by atoms with Crippen LogP contribution in [0.3, 0.4) is 0 Å². The van der Waals surface area contributed by atoms with Gasteiger partial charge in [0, 0.05) is 37.8 Å². The van der Waals surface area contributed by atoms with E-state index in [9.17, 15) is 13.2 Å². The molecule has 0 aliphatic carbocycles. The van der Waals surface area contributed by atoms with Crippen LogP contribution in [0, 0.1) is 0 Å². The zero-order valence-corrected chi connectivity index (χ0v) is 16.7. The molecule has 0 aliphatic heterocycles. The topological polar surface area (TPSA) is 76.1 Å². The van der Waals surface area contributed by atoms with E-state index in [-0.39, 0.29) is 10.5 Å². The van der Waals surface area contributed by atoms with Crippen molar-refractivity contribution in [2.45, 2.75) is 14.7 Å². The van der Waals surface area contributed by atoms with Crippen molar-refractivity contribution in [2.75, 3.05) is 0 Å². The van der Waals surface area contributed by atoms with Crippen molar-refractivity contribution in [1.29, 1.82) is 0 Å². The molecule has 2 aromatic carbocycles. The normalized spacial score (nSPS) is 11.2. The van der Waals surface area contributed by atoms with Crippen LogP contribution in [0.15, 0.2) is 81.7 Å². The number of nitrogens with one attached hydrogen (secondary N) is 1. The highest BCUT2D eigenvalue weighted by atomic mass is 35.5. The highest BCUT2D eigenvalue weighted by molar-refractivity contribution is 8.00. The Morgan fingerprint density at radius 2 is 1.52 bits per heavy atom. The lowest BCUT2D eigenvalue weighted by molar-refractivity contribution is 0.0981. The van der Waals surface area contributed by atoms with Crippen LogP contribution in [-0.4, -0.2) is 19.3 Å². The number of amides is 1. The lowest BCUT2D eigenvalue weighted by Gasteiger charge is -2.11. The van der Waals surface area contributed by atoms with Crippen molar-refractivity contribution < 1.29 is 13.2 Å². The van der Waals surface area contributed by atoms with E-state index in [4.69, 9.17) is 23.2 Å². The minimum Gasteiger partial charge on any atom is -0.268 e. The fraction of sp³-hybridized carbons (Fsp3) is 0. The van der Waals surface area contributed by atoms with Crippen LogP contribution in [0.4, 0.5) is 0 Å². The van der Waals surface area contributed by atoms with Crippen molar-refractivity contribution in [3.05, 3.63) is 82.6 Å². The van der Waals surface area contributed by atoms with Crippen molar-refractivity contribution in [1.82, 2.24) is 9.71 Å². The van der Waals surface area contributed by atoms with Crippen LogP contribution in [0.5, 0.6) is 0 Å². The molecule has 5 nitrogen and oxygen atoms in total. The molecule has 0 bridgehead atoms. The second kappa shape index (κ2) is 8.31. The van der Waals surface area contributed by atoms with Crippen molar-refractivity contribution in [3.8, 4) is 0 Å². The summed E-state index contributed by atoms with van der Waals surface area (Å²) in [6.45, 7) is 0. The molecule has 0 unspecified atom stereocenters. The van der Waals surface area contributed by atoms with Crippen LogP contribution < -0.4 is 4.72 Å². The molecule has 27 heavy (non-hydrogen) atoms. The Morgan fingerprint density at radius 1 is 0.926 bits per heavy atom. The fourth-order valence-corrected chi connectivity index (χ4v) is 4.64. The number of rotatable bonds is 5. The van der Waals surface area contributed by atoms with Crippen LogP contribution in [0.2, 0.25) is 10.0 Å². The quantitative estimate of drug-likeness (QED) is 0.626. The standard InChI is InChI=1S/C18H12Cl2N2O3S2/c19-13-3-1-12(2-4-13)18(23)22-27(24,25)17-11-21-10-9-16(17)26-15-7-5-14(20)6-8-15/h1-11H,(H,22,23). The Labute approximate surface area is 170 Å². The van der Waals surface area contributed by atoms with E-state index in [1.165, 1.54) is 48.4 Å². The summed E-state index contributed by atoms with van der Waals surface area (Å²) < 4.78 is 27.5. The van der Waals surface area contributed by atoms with Crippen molar-refractivity contribution in [2.24, 2.45) is 0 Å². The van der Waals surface area contributed by atoms with Crippen LogP contribution in [0.1, 0.15) is 10.4 Å². The number of hydrogen-bond acceptors (Lipinski definition) is 5. The summed E-state index contributed by atoms with van der Waals surface area (Å²) >= 11 is 12.9. The van der Waals surface area contributed by atoms with Gasteiger partial charge in [0.25, 0.3) is 15.9 Å². The predicted molar refractivity (Wildman–Crippen MR) is 106 cm³/mol. The zero-order valence-electron chi connectivity index (χ0n) is 13.6. The Kier molecular flexibility index (Phi) is 6.06. The minimum absolute atomic E-state index is 0.0905. The summed E-state index contributed by atoms with van der Waals surface area (Å²) in [5.74, 6) is -0.752. The summed E-state index contributed by atoms with van der Waals surface area (Å²) in [6.07, 6.45) is 2.69. The number of sulfonamides is 1. The fourth-order valence-electron chi connectivity index (χ4n) is 2.12. The first-order chi connectivity index (χ1) is 12.8. The van der Waals surface area contributed by atoms with Crippen molar-refractivity contribution in [3.63, 3.8) is 0 Å². The Morgan fingerprint density at radius 3 is 2.15 bits per heavy atom. The molecule has 1 heterocycles. The van der Waals surface area contributed by atoms with E-state index in [1.54, 1.807) is 30.3 Å². The molecule has 0 saturated carbocycles. The molecule has 0 radical (unpaired) electrons. The first-order valence-electron chi connectivity index (χ1n) is 7.55. The number of hydrogen-bond donors (Lipinski definition) is 1. The van der Waals surface area contributed by atoms with Gasteiger partial charge in [0.2, 0.25) is 0 Å². The third-order valence-corrected chi connectivity index (χ3v) is 6.49. The molecule has 0 aliphatic rings. The van der Waals surface area contributed by atoms with E-state index in [0.717, 1.165) is 4.90 Å². The maximum atomic E-state index is 12.7. The molecule has 138 valence electrons. The molecular weight excluding hydrogens is 427 g/mol. The minimum atomic E-state index is -4.12. The van der Waals surface area contributed by atoms with E-state index in [1.807, 2.05) is 0 Å². The van der Waals surface area contributed by atoms with Gasteiger partial charge in [0.1, 0.15) is 4.90 Å². The highest BCUT2D eigenvalue weighted by Crippen LogP contribution is 2.32. The van der Waals surface area contributed by atoms with Gasteiger partial charge in [-0.15, -0.1) is 0 Å². The number of nitrogens with zero attached hydrogens (tertiary/aromatic N) is 1. The smallest absolute Gasteiger partial charge is 0.266 e. The molecule has 3 rings (SSSR count). The summed E-state index contributed by atoms with van der Waals surface area (Å²) in [7, 11) is -4.12. The molecule has 1 aromatic heterocycles. The molecule has 1 amide bonds. The molecule has 0 spiro atoms. The number of aromatic nitrogens is 1. The molecule has 0 fully saturated rings. The average Bonchev–Trinajstić information content (AvgIpc) is 2.64. The molecule has 3 aromatic rings. The van der Waals surface area contributed by atoms with Crippen LogP contribution >= 0.6 is 35.0 Å². The molecule has 0 saturated heterocycles. The van der Waals surface area contributed by atoms with Gasteiger partial charge in [-0.25, -0.2) is 13.1 Å². The van der Waals surface area contributed by atoms with Gasteiger partial charge in [-0.05, 0) is 54.6 Å². The van der Waals surface area contributed by atoms with Gasteiger partial charge in [0.05, 0.1) is 0 Å². The maximum absolute atomic E-state index is 12.7. The maximum Gasteiger partial charge on any atom is 0.266 e. The molecule has 0 atom stereocenters. The van der Waals surface area contributed by atoms with E-state index < -0.39 is 15.9 Å². The summed E-state index contributed by atoms with van der Waals surface area (Å²) in [6, 6.07) is 14.4. The molecule has 9 heteroatoms. The zero-order chi connectivity index (χ0) is 19.4. The Balaban J connectivity index is 1.87. The second-order valence-corrected chi connectivity index (χ2v) is 8.96. The third-order valence-electron chi connectivity index (χ3n) is 3.41. The molecule has 1 N–H and O–H groups in total. The number of halogens is 2. The largest absolute Gasteiger partial charge is 0.268 e. The average molecular weight is 439 g/mol. The Bertz CT molecular complexity index is 1070. The van der Waals surface area contributed by atoms with Gasteiger partial charge in [-0.3, -0.25) is 9.78 Å². The van der Waals surface area contributed by atoms with E-state index in [0.29, 0.717) is 14.9 Å². The van der Waals surface area contributed by atoms with Gasteiger partial charge in [-0.1, -0.05) is 35.0 Å². The third kappa shape index (κ3) is 5.01. The summed E-state index contributed by atoms with van der Waals surface area (Å²) in [5, 5.41) is 1.03. The second-order valence-electron chi connectivity index (χ2n) is 5.32. The van der Waals surface area contributed by atoms with Crippen molar-refractivity contribution >= 4 is 50.9 Å². The summed E-state index contributed by atoms with van der Waals surface area (Å²) in [5.41, 5.74) is 0.179. The monoisotopic (exact) mass is 438 g/mol. The van der Waals surface area contributed by atoms with Gasteiger partial charge in [0.15, 0.2) is 0 Å². The predicted octanol–water partition coefficient (Wildman–Crippen LogP) is 4.66. The first-order valence-corrected chi connectivity index (χ1v) is 10.6. The molecular formula is C18H12Cl2N2O3S2. The van der Waals surface area contributed by atoms with Gasteiger partial charge < -0.3 is 0 Å².